The fraction of sp³-hybridized carbons (Fsp3) is 0.346. The first-order valence-electron chi connectivity index (χ1n) is 11.7. The molecule has 0 fully saturated rings. The number of ether oxygens (including phenoxy) is 1. The van der Waals surface area contributed by atoms with Crippen LogP contribution in [0.4, 0.5) is 10.5 Å². The van der Waals surface area contributed by atoms with Crippen molar-refractivity contribution < 1.29 is 14.3 Å². The number of carbonyl (C=O) groups is 2. The fourth-order valence-electron chi connectivity index (χ4n) is 3.41. The van der Waals surface area contributed by atoms with Gasteiger partial charge < -0.3 is 24.8 Å². The maximum Gasteiger partial charge on any atom is 0.322 e. The molecule has 1 aromatic heterocycles. The molecule has 198 valence electrons. The lowest BCUT2D eigenvalue weighted by molar-refractivity contribution is 0.0726. The maximum atomic E-state index is 13.4. The van der Waals surface area contributed by atoms with Gasteiger partial charge >= 0.3 is 6.03 Å². The van der Waals surface area contributed by atoms with E-state index in [0.29, 0.717) is 52.7 Å². The minimum atomic E-state index is -0.338. The number of anilines is 1. The smallest absolute Gasteiger partial charge is 0.322 e. The highest BCUT2D eigenvalue weighted by Gasteiger charge is 2.22. The van der Waals surface area contributed by atoms with E-state index >= 15 is 0 Å². The van der Waals surface area contributed by atoms with E-state index < -0.39 is 0 Å². The van der Waals surface area contributed by atoms with Crippen LogP contribution < -0.4 is 5.32 Å². The highest BCUT2D eigenvalue weighted by molar-refractivity contribution is 7.09. The van der Waals surface area contributed by atoms with Crippen molar-refractivity contribution in [3.8, 4) is 0 Å². The number of nitrogens with zero attached hydrogens (tertiary/aromatic N) is 4. The highest BCUT2D eigenvalue weighted by Crippen LogP contribution is 2.25. The molecule has 0 aliphatic heterocycles. The van der Waals surface area contributed by atoms with Gasteiger partial charge in [-0.25, -0.2) is 9.78 Å². The van der Waals surface area contributed by atoms with Crippen LogP contribution in [0, 0.1) is 0 Å². The number of benzene rings is 2. The molecule has 0 spiro atoms. The molecule has 0 bridgehead atoms. The van der Waals surface area contributed by atoms with E-state index in [4.69, 9.17) is 27.9 Å². The summed E-state index contributed by atoms with van der Waals surface area (Å²) in [5, 5.41) is 5.98. The Hall–Kier alpha value is -2.69. The Bertz CT molecular complexity index is 1180. The monoisotopic (exact) mass is 563 g/mol. The fourth-order valence-corrected chi connectivity index (χ4v) is 4.49. The molecule has 3 amide bonds. The van der Waals surface area contributed by atoms with Crippen molar-refractivity contribution in [2.75, 3.05) is 52.8 Å². The van der Waals surface area contributed by atoms with Crippen molar-refractivity contribution in [1.29, 1.82) is 0 Å². The van der Waals surface area contributed by atoms with Crippen LogP contribution in [0.2, 0.25) is 10.0 Å². The van der Waals surface area contributed by atoms with Gasteiger partial charge in [-0.15, -0.1) is 11.3 Å². The second kappa shape index (κ2) is 14.3. The van der Waals surface area contributed by atoms with Crippen molar-refractivity contribution in [1.82, 2.24) is 19.7 Å². The Kier molecular flexibility index (Phi) is 11.2. The highest BCUT2D eigenvalue weighted by atomic mass is 35.5. The molecule has 1 N–H and O–H groups in total. The average Bonchev–Trinajstić information content (AvgIpc) is 3.35. The first-order chi connectivity index (χ1) is 17.8. The van der Waals surface area contributed by atoms with E-state index in [2.05, 4.69) is 10.3 Å². The van der Waals surface area contributed by atoms with Gasteiger partial charge in [0.15, 0.2) is 0 Å². The number of likely N-dealkylation sites (N-methyl/N-ethyl adjacent to an activating group) is 1. The lowest BCUT2D eigenvalue weighted by Gasteiger charge is -2.24. The number of rotatable bonds is 12. The van der Waals surface area contributed by atoms with Crippen LogP contribution in [0.1, 0.15) is 21.1 Å². The summed E-state index contributed by atoms with van der Waals surface area (Å²) >= 11 is 13.4. The summed E-state index contributed by atoms with van der Waals surface area (Å²) < 4.78 is 5.18. The number of halogens is 2. The van der Waals surface area contributed by atoms with Gasteiger partial charge in [0.05, 0.1) is 23.2 Å². The first kappa shape index (κ1) is 28.9. The van der Waals surface area contributed by atoms with E-state index in [1.54, 1.807) is 40.5 Å². The van der Waals surface area contributed by atoms with Crippen LogP contribution >= 0.6 is 34.5 Å². The van der Waals surface area contributed by atoms with Gasteiger partial charge in [-0.3, -0.25) is 4.79 Å². The molecule has 2 aromatic carbocycles. The van der Waals surface area contributed by atoms with Gasteiger partial charge in [-0.05, 0) is 37.9 Å². The number of amides is 3. The Morgan fingerprint density at radius 3 is 2.41 bits per heavy atom. The second-order valence-corrected chi connectivity index (χ2v) is 10.4. The number of aromatic nitrogens is 1. The summed E-state index contributed by atoms with van der Waals surface area (Å²) in [6, 6.07) is 14.4. The zero-order chi connectivity index (χ0) is 26.8. The third-order valence-electron chi connectivity index (χ3n) is 5.44. The molecule has 1 heterocycles. The second-order valence-electron chi connectivity index (χ2n) is 8.62. The summed E-state index contributed by atoms with van der Waals surface area (Å²) in [6.07, 6.45) is 0. The molecule has 11 heteroatoms. The Morgan fingerprint density at radius 1 is 0.973 bits per heavy atom. The van der Waals surface area contributed by atoms with E-state index in [1.807, 2.05) is 49.3 Å². The van der Waals surface area contributed by atoms with Crippen LogP contribution in [0.5, 0.6) is 0 Å². The molecule has 0 atom stereocenters. The van der Waals surface area contributed by atoms with E-state index in [-0.39, 0.29) is 18.5 Å². The summed E-state index contributed by atoms with van der Waals surface area (Å²) in [7, 11) is 5.53. The molecule has 0 aliphatic rings. The largest absolute Gasteiger partial charge is 0.383 e. The summed E-state index contributed by atoms with van der Waals surface area (Å²) in [5.41, 5.74) is 1.94. The number of hydrogen-bond acceptors (Lipinski definition) is 6. The number of hydrogen-bond donors (Lipinski definition) is 1. The van der Waals surface area contributed by atoms with E-state index in [1.165, 1.54) is 11.3 Å². The molecule has 0 radical (unpaired) electrons. The molecule has 3 rings (SSSR count). The normalized spacial score (nSPS) is 11.0. The molecular weight excluding hydrogens is 533 g/mol. The molecule has 8 nitrogen and oxygen atoms in total. The Balaban J connectivity index is 1.72. The number of carbonyl (C=O) groups excluding carboxylic acids is 2. The number of urea groups is 1. The van der Waals surface area contributed by atoms with E-state index in [0.717, 1.165) is 12.1 Å². The van der Waals surface area contributed by atoms with Gasteiger partial charge in [0.1, 0.15) is 10.7 Å². The standard InChI is InChI=1S/C26H31Cl2N5O3S/c1-31(2)11-12-32(16-19-7-5-4-6-8-19)25(34)23-18-37-24(30-23)17-33(13-14-36-3)26(35)29-20-9-10-21(27)22(28)15-20/h4-10,15,18H,11-14,16-17H2,1-3H3,(H,29,35). The van der Waals surface area contributed by atoms with Gasteiger partial charge in [-0.1, -0.05) is 53.5 Å². The van der Waals surface area contributed by atoms with Crippen LogP contribution in [0.15, 0.2) is 53.9 Å². The molecule has 3 aromatic rings. The van der Waals surface area contributed by atoms with Crippen molar-refractivity contribution in [3.05, 3.63) is 80.2 Å². The third-order valence-corrected chi connectivity index (χ3v) is 7.01. The van der Waals surface area contributed by atoms with Gasteiger partial charge in [0.2, 0.25) is 0 Å². The maximum absolute atomic E-state index is 13.4. The van der Waals surface area contributed by atoms with Crippen LogP contribution in [-0.2, 0) is 17.8 Å². The predicted molar refractivity (Wildman–Crippen MR) is 150 cm³/mol. The summed E-state index contributed by atoms with van der Waals surface area (Å²) in [5.74, 6) is -0.142. The zero-order valence-corrected chi connectivity index (χ0v) is 23.4. The molecular formula is C26H31Cl2N5O3S. The third kappa shape index (κ3) is 8.98. The van der Waals surface area contributed by atoms with Crippen molar-refractivity contribution in [2.45, 2.75) is 13.1 Å². The minimum Gasteiger partial charge on any atom is -0.383 e. The molecule has 0 aliphatic carbocycles. The molecule has 0 saturated carbocycles. The molecule has 0 unspecified atom stereocenters. The SMILES string of the molecule is COCCN(Cc1nc(C(=O)N(CCN(C)C)Cc2ccccc2)cs1)C(=O)Nc1ccc(Cl)c(Cl)c1. The first-order valence-corrected chi connectivity index (χ1v) is 13.3. The average molecular weight is 565 g/mol. The van der Waals surface area contributed by atoms with Crippen molar-refractivity contribution in [2.24, 2.45) is 0 Å². The predicted octanol–water partition coefficient (Wildman–Crippen LogP) is 5.33. The Morgan fingerprint density at radius 2 is 1.73 bits per heavy atom. The number of thiazole rings is 1. The Labute approximate surface area is 231 Å². The molecule has 37 heavy (non-hydrogen) atoms. The molecule has 0 saturated heterocycles. The lowest BCUT2D eigenvalue weighted by Crippen LogP contribution is -2.37. The van der Waals surface area contributed by atoms with Crippen LogP contribution in [0.25, 0.3) is 0 Å². The van der Waals surface area contributed by atoms with Crippen LogP contribution in [0.3, 0.4) is 0 Å². The summed E-state index contributed by atoms with van der Waals surface area (Å²) in [4.78, 5) is 36.4. The van der Waals surface area contributed by atoms with Crippen LogP contribution in [-0.4, -0.2) is 79.1 Å². The van der Waals surface area contributed by atoms with Gasteiger partial charge in [0.25, 0.3) is 5.91 Å². The topological polar surface area (TPSA) is 78.0 Å². The van der Waals surface area contributed by atoms with E-state index in [9.17, 15) is 9.59 Å². The number of nitrogens with one attached hydrogen (secondary N) is 1. The quantitative estimate of drug-likeness (QED) is 0.322. The number of methoxy groups -OCH3 is 1. The summed E-state index contributed by atoms with van der Waals surface area (Å²) in [6.45, 7) is 2.71. The van der Waals surface area contributed by atoms with Gasteiger partial charge in [0, 0.05) is 44.4 Å². The minimum absolute atomic E-state index is 0.142. The van der Waals surface area contributed by atoms with Gasteiger partial charge in [-0.2, -0.15) is 0 Å². The lowest BCUT2D eigenvalue weighted by atomic mass is 10.2. The van der Waals surface area contributed by atoms with Crippen molar-refractivity contribution in [3.63, 3.8) is 0 Å². The zero-order valence-electron chi connectivity index (χ0n) is 21.1. The van der Waals surface area contributed by atoms with Crippen molar-refractivity contribution >= 4 is 52.2 Å².